The van der Waals surface area contributed by atoms with E-state index in [4.69, 9.17) is 25.8 Å². The molecule has 6 heteroatoms. The highest BCUT2D eigenvalue weighted by molar-refractivity contribution is 6.30. The minimum absolute atomic E-state index is 0.0887. The molecule has 0 radical (unpaired) electrons. The minimum Gasteiger partial charge on any atom is -0.491 e. The Balaban J connectivity index is 1.60. The second-order valence-electron chi connectivity index (χ2n) is 6.81. The summed E-state index contributed by atoms with van der Waals surface area (Å²) in [6, 6.07) is 12.0. The molecule has 2 aromatic carbocycles. The Morgan fingerprint density at radius 3 is 2.74 bits per heavy atom. The van der Waals surface area contributed by atoms with Gasteiger partial charge in [0, 0.05) is 11.6 Å². The molecule has 1 aliphatic heterocycles. The third kappa shape index (κ3) is 5.91. The zero-order valence-electron chi connectivity index (χ0n) is 15.6. The molecule has 0 bridgehead atoms. The fourth-order valence-electron chi connectivity index (χ4n) is 3.07. The van der Waals surface area contributed by atoms with Crippen LogP contribution >= 0.6 is 11.6 Å². The SMILES string of the molecule is CC(C)Oc1cc(Cl)cc(CCO[C@@H]2OCCN[C@H]2c2ccc(F)cc2)c1. The first-order chi connectivity index (χ1) is 13.0. The first-order valence-corrected chi connectivity index (χ1v) is 9.57. The van der Waals surface area contributed by atoms with E-state index in [0.29, 0.717) is 24.7 Å². The molecule has 4 nitrogen and oxygen atoms in total. The zero-order valence-corrected chi connectivity index (χ0v) is 16.3. The van der Waals surface area contributed by atoms with Crippen LogP contribution in [0.25, 0.3) is 0 Å². The van der Waals surface area contributed by atoms with Gasteiger partial charge in [-0.2, -0.15) is 0 Å². The van der Waals surface area contributed by atoms with E-state index in [1.807, 2.05) is 32.0 Å². The number of halogens is 2. The highest BCUT2D eigenvalue weighted by atomic mass is 35.5. The molecule has 1 aliphatic rings. The number of rotatable bonds is 7. The number of morpholine rings is 1. The summed E-state index contributed by atoms with van der Waals surface area (Å²) >= 11 is 6.19. The van der Waals surface area contributed by atoms with E-state index in [1.54, 1.807) is 12.1 Å². The Labute approximate surface area is 164 Å². The summed E-state index contributed by atoms with van der Waals surface area (Å²) in [6.07, 6.45) is 0.353. The molecule has 1 saturated heterocycles. The lowest BCUT2D eigenvalue weighted by molar-refractivity contribution is -0.176. The van der Waals surface area contributed by atoms with Gasteiger partial charge in [0.1, 0.15) is 11.6 Å². The van der Waals surface area contributed by atoms with Crippen LogP contribution in [0.5, 0.6) is 5.75 Å². The van der Waals surface area contributed by atoms with Crippen LogP contribution < -0.4 is 10.1 Å². The van der Waals surface area contributed by atoms with Crippen molar-refractivity contribution in [3.8, 4) is 5.75 Å². The number of nitrogens with one attached hydrogen (secondary N) is 1. The second-order valence-corrected chi connectivity index (χ2v) is 7.24. The van der Waals surface area contributed by atoms with E-state index in [1.165, 1.54) is 12.1 Å². The van der Waals surface area contributed by atoms with Crippen LogP contribution in [0.3, 0.4) is 0 Å². The van der Waals surface area contributed by atoms with E-state index in [0.717, 1.165) is 23.4 Å². The molecule has 0 aliphatic carbocycles. The molecule has 3 rings (SSSR count). The van der Waals surface area contributed by atoms with Gasteiger partial charge in [0.05, 0.1) is 25.4 Å². The van der Waals surface area contributed by atoms with Crippen LogP contribution in [0.1, 0.15) is 31.0 Å². The van der Waals surface area contributed by atoms with Gasteiger partial charge in [-0.15, -0.1) is 0 Å². The van der Waals surface area contributed by atoms with Gasteiger partial charge in [-0.25, -0.2) is 4.39 Å². The van der Waals surface area contributed by atoms with Crippen LogP contribution in [0.4, 0.5) is 4.39 Å². The monoisotopic (exact) mass is 393 g/mol. The molecule has 0 unspecified atom stereocenters. The van der Waals surface area contributed by atoms with Crippen molar-refractivity contribution in [2.75, 3.05) is 19.8 Å². The van der Waals surface area contributed by atoms with Crippen molar-refractivity contribution in [2.45, 2.75) is 38.7 Å². The highest BCUT2D eigenvalue weighted by Crippen LogP contribution is 2.25. The Hall–Kier alpha value is -1.66. The quantitative estimate of drug-likeness (QED) is 0.751. The van der Waals surface area contributed by atoms with Gasteiger partial charge in [-0.3, -0.25) is 0 Å². The van der Waals surface area contributed by atoms with Crippen LogP contribution in [0.15, 0.2) is 42.5 Å². The maximum atomic E-state index is 13.2. The second kappa shape index (κ2) is 9.51. The van der Waals surface area contributed by atoms with Crippen molar-refractivity contribution < 1.29 is 18.6 Å². The van der Waals surface area contributed by atoms with Gasteiger partial charge < -0.3 is 19.5 Å². The number of ether oxygens (including phenoxy) is 3. The molecule has 1 N–H and O–H groups in total. The Morgan fingerprint density at radius 1 is 1.22 bits per heavy atom. The molecule has 1 heterocycles. The molecule has 0 amide bonds. The summed E-state index contributed by atoms with van der Waals surface area (Å²) in [4.78, 5) is 0. The normalized spacial score (nSPS) is 20.0. The van der Waals surface area contributed by atoms with Crippen molar-refractivity contribution in [3.05, 3.63) is 64.4 Å². The molecule has 27 heavy (non-hydrogen) atoms. The van der Waals surface area contributed by atoms with Crippen LogP contribution in [0, 0.1) is 5.82 Å². The molecule has 2 atom stereocenters. The molecular formula is C21H25ClFNO3. The fourth-order valence-corrected chi connectivity index (χ4v) is 3.32. The van der Waals surface area contributed by atoms with Gasteiger partial charge in [0.2, 0.25) is 0 Å². The average molecular weight is 394 g/mol. The Morgan fingerprint density at radius 2 is 2.00 bits per heavy atom. The average Bonchev–Trinajstić information content (AvgIpc) is 2.62. The summed E-state index contributed by atoms with van der Waals surface area (Å²) in [5, 5.41) is 4.02. The number of benzene rings is 2. The van der Waals surface area contributed by atoms with Crippen molar-refractivity contribution in [3.63, 3.8) is 0 Å². The maximum absolute atomic E-state index is 13.2. The highest BCUT2D eigenvalue weighted by Gasteiger charge is 2.27. The maximum Gasteiger partial charge on any atom is 0.176 e. The van der Waals surface area contributed by atoms with E-state index in [-0.39, 0.29) is 18.0 Å². The number of hydrogen-bond donors (Lipinski definition) is 1. The Kier molecular flexibility index (Phi) is 7.07. The summed E-state index contributed by atoms with van der Waals surface area (Å²) in [5.41, 5.74) is 1.98. The van der Waals surface area contributed by atoms with E-state index in [2.05, 4.69) is 5.32 Å². The van der Waals surface area contributed by atoms with Gasteiger partial charge in [-0.05, 0) is 61.7 Å². The van der Waals surface area contributed by atoms with E-state index in [9.17, 15) is 4.39 Å². The lowest BCUT2D eigenvalue weighted by Gasteiger charge is -2.33. The lowest BCUT2D eigenvalue weighted by atomic mass is 10.1. The molecular weight excluding hydrogens is 369 g/mol. The molecule has 2 aromatic rings. The summed E-state index contributed by atoms with van der Waals surface area (Å²) in [5.74, 6) is 0.501. The van der Waals surface area contributed by atoms with Crippen molar-refractivity contribution in [2.24, 2.45) is 0 Å². The van der Waals surface area contributed by atoms with Crippen molar-refractivity contribution >= 4 is 11.6 Å². The van der Waals surface area contributed by atoms with Crippen LogP contribution in [-0.2, 0) is 15.9 Å². The smallest absolute Gasteiger partial charge is 0.176 e. The third-order valence-corrected chi connectivity index (χ3v) is 4.44. The van der Waals surface area contributed by atoms with E-state index >= 15 is 0 Å². The van der Waals surface area contributed by atoms with Gasteiger partial charge >= 0.3 is 0 Å². The van der Waals surface area contributed by atoms with Gasteiger partial charge in [0.15, 0.2) is 6.29 Å². The fraction of sp³-hybridized carbons (Fsp3) is 0.429. The molecule has 146 valence electrons. The largest absolute Gasteiger partial charge is 0.491 e. The molecule has 1 fully saturated rings. The molecule has 0 spiro atoms. The zero-order chi connectivity index (χ0) is 19.2. The van der Waals surface area contributed by atoms with Crippen LogP contribution in [-0.4, -0.2) is 32.2 Å². The van der Waals surface area contributed by atoms with Gasteiger partial charge in [-0.1, -0.05) is 23.7 Å². The topological polar surface area (TPSA) is 39.7 Å². The minimum atomic E-state index is -0.422. The van der Waals surface area contributed by atoms with E-state index < -0.39 is 6.29 Å². The Bertz CT molecular complexity index is 739. The standard InChI is InChI=1S/C21H25ClFNO3/c1-14(2)27-19-12-15(11-17(22)13-19)7-9-25-21-20(24-8-10-26-21)16-3-5-18(23)6-4-16/h3-6,11-14,20-21,24H,7-10H2,1-2H3/t20-,21+/m0/s1. The third-order valence-electron chi connectivity index (χ3n) is 4.23. The summed E-state index contributed by atoms with van der Waals surface area (Å²) in [6.45, 7) is 5.74. The van der Waals surface area contributed by atoms with Crippen LogP contribution in [0.2, 0.25) is 5.02 Å². The molecule has 0 saturated carbocycles. The number of hydrogen-bond acceptors (Lipinski definition) is 4. The lowest BCUT2D eigenvalue weighted by Crippen LogP contribution is -2.43. The summed E-state index contributed by atoms with van der Waals surface area (Å²) < 4.78 is 30.7. The molecule has 0 aromatic heterocycles. The predicted molar refractivity (Wildman–Crippen MR) is 104 cm³/mol. The predicted octanol–water partition coefficient (Wildman–Crippen LogP) is 4.51. The van der Waals surface area contributed by atoms with Crippen molar-refractivity contribution in [1.82, 2.24) is 5.32 Å². The first-order valence-electron chi connectivity index (χ1n) is 9.19. The summed E-state index contributed by atoms with van der Waals surface area (Å²) in [7, 11) is 0. The van der Waals surface area contributed by atoms with Gasteiger partial charge in [0.25, 0.3) is 0 Å². The van der Waals surface area contributed by atoms with Crippen molar-refractivity contribution in [1.29, 1.82) is 0 Å². The first kappa shape index (κ1) is 20.1.